The zero-order valence-electron chi connectivity index (χ0n) is 28.7. The third-order valence-corrected chi connectivity index (χ3v) is 9.24. The lowest BCUT2D eigenvalue weighted by Crippen LogP contribution is -2.43. The summed E-state index contributed by atoms with van der Waals surface area (Å²) in [4.78, 5) is 21.4. The largest absolute Gasteiger partial charge is 0.493 e. The van der Waals surface area contributed by atoms with E-state index in [1.165, 1.54) is 44.2 Å². The van der Waals surface area contributed by atoms with E-state index in [0.29, 0.717) is 18.4 Å². The van der Waals surface area contributed by atoms with Crippen LogP contribution in [-0.2, 0) is 20.7 Å². The number of benzene rings is 2. The van der Waals surface area contributed by atoms with Crippen LogP contribution in [0.3, 0.4) is 0 Å². The number of piperidine rings is 1. The molecule has 2 aromatic carbocycles. The number of hydrogen-bond donors (Lipinski definition) is 0. The molecule has 1 spiro atoms. The molecule has 1 aliphatic heterocycles. The van der Waals surface area contributed by atoms with Crippen molar-refractivity contribution in [2.24, 2.45) is 5.41 Å². The third kappa shape index (κ3) is 8.09. The third-order valence-electron chi connectivity index (χ3n) is 9.24. The van der Waals surface area contributed by atoms with Gasteiger partial charge in [0.1, 0.15) is 11.6 Å². The first-order valence-corrected chi connectivity index (χ1v) is 17.0. The van der Waals surface area contributed by atoms with Gasteiger partial charge in [0.2, 0.25) is 0 Å². The summed E-state index contributed by atoms with van der Waals surface area (Å²) in [6, 6.07) is 14.7. The number of hydrogen-bond acceptors (Lipinski definition) is 6. The maximum atomic E-state index is 13.8. The Morgan fingerprint density at radius 2 is 1.61 bits per heavy atom. The molecular formula is C39H51FN2O4. The fraction of sp³-hybridized carbons (Fsp3) is 0.538. The van der Waals surface area contributed by atoms with Crippen LogP contribution in [0, 0.1) is 25.1 Å². The molecule has 7 heteroatoms. The molecule has 1 unspecified atom stereocenters. The predicted octanol–water partition coefficient (Wildman–Crippen LogP) is 9.09. The molecule has 1 aromatic heterocycles. The van der Waals surface area contributed by atoms with Crippen molar-refractivity contribution in [2.45, 2.75) is 111 Å². The summed E-state index contributed by atoms with van der Waals surface area (Å²) in [5, 5.41) is 0. The Labute approximate surface area is 274 Å². The van der Waals surface area contributed by atoms with E-state index in [1.807, 2.05) is 53.7 Å². The van der Waals surface area contributed by atoms with Crippen molar-refractivity contribution < 1.29 is 23.4 Å². The Morgan fingerprint density at radius 1 is 0.957 bits per heavy atom. The van der Waals surface area contributed by atoms with Gasteiger partial charge in [-0.05, 0) is 115 Å². The maximum absolute atomic E-state index is 13.8. The Balaban J connectivity index is 1.56. The van der Waals surface area contributed by atoms with Crippen LogP contribution in [0.25, 0.3) is 11.1 Å². The van der Waals surface area contributed by atoms with Gasteiger partial charge in [-0.1, -0.05) is 37.1 Å². The van der Waals surface area contributed by atoms with Gasteiger partial charge in [-0.3, -0.25) is 4.98 Å². The molecule has 1 saturated carbocycles. The highest BCUT2D eigenvalue weighted by Crippen LogP contribution is 2.49. The van der Waals surface area contributed by atoms with E-state index in [0.717, 1.165) is 64.6 Å². The van der Waals surface area contributed by atoms with Gasteiger partial charge in [-0.2, -0.15) is 0 Å². The number of nitrogens with zero attached hydrogens (tertiary/aromatic N) is 2. The highest BCUT2D eigenvalue weighted by Gasteiger charge is 2.41. The standard InChI is InChI=1S/C39H51FN2O4/c1-26(2)45-37(43)36(46-38(5,6)7)34-28(4)41-27(3)33(35(34)42-23-10-22-39(25-42)20-8-9-21-39)30-13-17-32(18-14-30)44-24-19-29-11-15-31(40)16-12-29/h11-18,26,36H,8-10,19-25H2,1-7H3. The second-order valence-electron chi connectivity index (χ2n) is 14.5. The van der Waals surface area contributed by atoms with E-state index >= 15 is 0 Å². The zero-order valence-corrected chi connectivity index (χ0v) is 28.7. The molecule has 0 N–H and O–H groups in total. The van der Waals surface area contributed by atoms with E-state index in [9.17, 15) is 9.18 Å². The smallest absolute Gasteiger partial charge is 0.340 e. The minimum absolute atomic E-state index is 0.236. The van der Waals surface area contributed by atoms with Gasteiger partial charge in [0.15, 0.2) is 6.10 Å². The topological polar surface area (TPSA) is 60.9 Å². The summed E-state index contributed by atoms with van der Waals surface area (Å²) in [6.45, 7) is 16.1. The molecule has 6 nitrogen and oxygen atoms in total. The number of anilines is 1. The number of ether oxygens (including phenoxy) is 3. The minimum Gasteiger partial charge on any atom is -0.493 e. The van der Waals surface area contributed by atoms with Crippen LogP contribution in [0.4, 0.5) is 10.1 Å². The fourth-order valence-electron chi connectivity index (χ4n) is 7.29. The molecule has 0 amide bonds. The molecular weight excluding hydrogens is 579 g/mol. The molecule has 1 atom stereocenters. The second kappa shape index (κ2) is 14.1. The Bertz CT molecular complexity index is 1490. The van der Waals surface area contributed by atoms with Crippen LogP contribution in [0.15, 0.2) is 48.5 Å². The van der Waals surface area contributed by atoms with Crippen molar-refractivity contribution in [3.05, 3.63) is 76.9 Å². The quantitative estimate of drug-likeness (QED) is 0.208. The number of pyridine rings is 1. The van der Waals surface area contributed by atoms with Crippen molar-refractivity contribution in [3.63, 3.8) is 0 Å². The average Bonchev–Trinajstić information content (AvgIpc) is 3.43. The van der Waals surface area contributed by atoms with E-state index in [-0.39, 0.29) is 17.9 Å². The first kappa shape index (κ1) is 33.9. The zero-order chi connectivity index (χ0) is 33.1. The Kier molecular flexibility index (Phi) is 10.4. The number of aromatic nitrogens is 1. The fourth-order valence-corrected chi connectivity index (χ4v) is 7.29. The first-order valence-electron chi connectivity index (χ1n) is 17.0. The second-order valence-corrected chi connectivity index (χ2v) is 14.5. The molecule has 2 heterocycles. The predicted molar refractivity (Wildman–Crippen MR) is 182 cm³/mol. The van der Waals surface area contributed by atoms with Gasteiger partial charge in [0.05, 0.1) is 24.0 Å². The van der Waals surface area contributed by atoms with Crippen molar-refractivity contribution in [3.8, 4) is 16.9 Å². The molecule has 248 valence electrons. The Morgan fingerprint density at radius 3 is 2.24 bits per heavy atom. The van der Waals surface area contributed by atoms with Crippen molar-refractivity contribution in [1.82, 2.24) is 4.98 Å². The van der Waals surface area contributed by atoms with Gasteiger partial charge in [-0.15, -0.1) is 0 Å². The highest BCUT2D eigenvalue weighted by atomic mass is 19.1. The summed E-state index contributed by atoms with van der Waals surface area (Å²) in [5.41, 5.74) is 6.33. The van der Waals surface area contributed by atoms with Gasteiger partial charge in [-0.25, -0.2) is 9.18 Å². The molecule has 1 saturated heterocycles. The molecule has 2 aliphatic rings. The van der Waals surface area contributed by atoms with Crippen LogP contribution >= 0.6 is 0 Å². The monoisotopic (exact) mass is 630 g/mol. The average molecular weight is 631 g/mol. The van der Waals surface area contributed by atoms with E-state index in [4.69, 9.17) is 19.2 Å². The van der Waals surface area contributed by atoms with Gasteiger partial charge < -0.3 is 19.1 Å². The minimum atomic E-state index is -0.917. The van der Waals surface area contributed by atoms with Crippen LogP contribution in [0.1, 0.15) is 102 Å². The highest BCUT2D eigenvalue weighted by molar-refractivity contribution is 5.88. The number of carbonyl (C=O) groups excluding carboxylic acids is 1. The lowest BCUT2D eigenvalue weighted by molar-refractivity contribution is -0.171. The van der Waals surface area contributed by atoms with Gasteiger partial charge in [0, 0.05) is 42.0 Å². The number of carbonyl (C=O) groups is 1. The molecule has 2 fully saturated rings. The lowest BCUT2D eigenvalue weighted by atomic mass is 9.77. The molecule has 1 aliphatic carbocycles. The van der Waals surface area contributed by atoms with Gasteiger partial charge >= 0.3 is 5.97 Å². The van der Waals surface area contributed by atoms with Crippen LogP contribution in [0.2, 0.25) is 0 Å². The summed E-state index contributed by atoms with van der Waals surface area (Å²) >= 11 is 0. The van der Waals surface area contributed by atoms with Crippen LogP contribution in [-0.4, -0.2) is 42.4 Å². The van der Waals surface area contributed by atoms with E-state index in [2.05, 4.69) is 24.0 Å². The number of halogens is 1. The summed E-state index contributed by atoms with van der Waals surface area (Å²) in [7, 11) is 0. The van der Waals surface area contributed by atoms with Crippen molar-refractivity contribution >= 4 is 11.7 Å². The number of aryl methyl sites for hydroxylation is 2. The Hall–Kier alpha value is -3.45. The van der Waals surface area contributed by atoms with Crippen LogP contribution in [0.5, 0.6) is 5.75 Å². The summed E-state index contributed by atoms with van der Waals surface area (Å²) in [6.07, 6.45) is 6.92. The normalized spacial score (nSPS) is 17.0. The SMILES string of the molecule is Cc1nc(C)c(C(OC(C)(C)C)C(=O)OC(C)C)c(N2CCCC3(CCCC3)C2)c1-c1ccc(OCCc2ccc(F)cc2)cc1. The van der Waals surface area contributed by atoms with E-state index in [1.54, 1.807) is 12.1 Å². The van der Waals surface area contributed by atoms with Crippen molar-refractivity contribution in [2.75, 3.05) is 24.6 Å². The van der Waals surface area contributed by atoms with Crippen molar-refractivity contribution in [1.29, 1.82) is 0 Å². The molecule has 46 heavy (non-hydrogen) atoms. The molecule has 0 bridgehead atoms. The van der Waals surface area contributed by atoms with Gasteiger partial charge in [0.25, 0.3) is 0 Å². The number of rotatable bonds is 10. The summed E-state index contributed by atoms with van der Waals surface area (Å²) in [5.74, 6) is 0.144. The molecule has 0 radical (unpaired) electrons. The first-order chi connectivity index (χ1) is 21.8. The van der Waals surface area contributed by atoms with Crippen LogP contribution < -0.4 is 9.64 Å². The lowest BCUT2D eigenvalue weighted by Gasteiger charge is -2.44. The molecule has 5 rings (SSSR count). The summed E-state index contributed by atoms with van der Waals surface area (Å²) < 4.78 is 31.8. The number of esters is 1. The van der Waals surface area contributed by atoms with E-state index < -0.39 is 11.7 Å². The maximum Gasteiger partial charge on any atom is 0.340 e. The molecule has 3 aromatic rings.